The van der Waals surface area contributed by atoms with Crippen molar-refractivity contribution in [2.45, 2.75) is 57.3 Å². The van der Waals surface area contributed by atoms with E-state index in [0.717, 1.165) is 36.9 Å². The zero-order chi connectivity index (χ0) is 24.0. The highest BCUT2D eigenvalue weighted by Crippen LogP contribution is 2.21. The van der Waals surface area contributed by atoms with Gasteiger partial charge in [-0.3, -0.25) is 9.59 Å². The predicted molar refractivity (Wildman–Crippen MR) is 130 cm³/mol. The van der Waals surface area contributed by atoms with Crippen molar-refractivity contribution in [3.8, 4) is 0 Å². The lowest BCUT2D eigenvalue weighted by molar-refractivity contribution is -0.116. The Morgan fingerprint density at radius 2 is 1.82 bits per heavy atom. The second-order valence-electron chi connectivity index (χ2n) is 8.53. The summed E-state index contributed by atoms with van der Waals surface area (Å²) in [7, 11) is -2.04. The lowest BCUT2D eigenvalue weighted by Crippen LogP contribution is -2.26. The molecule has 0 aliphatic carbocycles. The van der Waals surface area contributed by atoms with E-state index in [-0.39, 0.29) is 29.4 Å². The molecule has 1 aliphatic heterocycles. The Morgan fingerprint density at radius 1 is 1.03 bits per heavy atom. The maximum absolute atomic E-state index is 12.9. The number of carbonyl (C=O) groups excluding carboxylic acids is 2. The van der Waals surface area contributed by atoms with Gasteiger partial charge in [0.2, 0.25) is 5.91 Å². The fourth-order valence-electron chi connectivity index (χ4n) is 3.79. The highest BCUT2D eigenvalue weighted by molar-refractivity contribution is 7.90. The summed E-state index contributed by atoms with van der Waals surface area (Å²) in [5.41, 5.74) is 2.85. The van der Waals surface area contributed by atoms with Gasteiger partial charge in [0, 0.05) is 44.1 Å². The fraction of sp³-hybridized carbons (Fsp3) is 0.400. The van der Waals surface area contributed by atoms with Gasteiger partial charge in [0.05, 0.1) is 4.90 Å². The second kappa shape index (κ2) is 10.7. The van der Waals surface area contributed by atoms with Crippen LogP contribution in [0.1, 0.15) is 60.0 Å². The molecular weight excluding hydrogens is 438 g/mol. The minimum absolute atomic E-state index is 0.0102. The number of sulfonamides is 1. The highest BCUT2D eigenvalue weighted by atomic mass is 32.2. The molecule has 0 atom stereocenters. The van der Waals surface area contributed by atoms with Crippen LogP contribution in [0.5, 0.6) is 0 Å². The van der Waals surface area contributed by atoms with Crippen molar-refractivity contribution in [1.82, 2.24) is 4.90 Å². The standard InChI is InChI=1S/C25H31N3O4S/c1-18-11-12-19(2)22(16-18)23(29)13-14-25(30)26-20-8-7-9-21(17-20)33(31,32)27-24-10-5-4-6-15-28(24)3/h7-9,11-12,16-17H,4-6,10,13-15H2,1-3H3,(H,26,30)/b27-24+. The predicted octanol–water partition coefficient (Wildman–Crippen LogP) is 4.50. The quantitative estimate of drug-likeness (QED) is 0.603. The summed E-state index contributed by atoms with van der Waals surface area (Å²) in [5, 5.41) is 2.70. The molecule has 1 heterocycles. The van der Waals surface area contributed by atoms with Crippen LogP contribution in [0.2, 0.25) is 0 Å². The Labute approximate surface area is 196 Å². The zero-order valence-corrected chi connectivity index (χ0v) is 20.2. The van der Waals surface area contributed by atoms with E-state index in [1.54, 1.807) is 12.1 Å². The number of aryl methyl sites for hydroxylation is 2. The van der Waals surface area contributed by atoms with Gasteiger partial charge in [0.1, 0.15) is 5.84 Å². The minimum atomic E-state index is -3.90. The molecule has 0 bridgehead atoms. The first-order valence-electron chi connectivity index (χ1n) is 11.2. The average molecular weight is 470 g/mol. The summed E-state index contributed by atoms with van der Waals surface area (Å²) in [5.74, 6) is 0.121. The SMILES string of the molecule is Cc1ccc(C)c(C(=O)CCC(=O)Nc2cccc(S(=O)(=O)/N=C3\CCCCCN3C)c2)c1. The van der Waals surface area contributed by atoms with Crippen LogP contribution in [0.3, 0.4) is 0 Å². The third-order valence-electron chi connectivity index (χ3n) is 5.75. The van der Waals surface area contributed by atoms with Crippen LogP contribution in [0.15, 0.2) is 51.8 Å². The molecule has 0 unspecified atom stereocenters. The van der Waals surface area contributed by atoms with E-state index < -0.39 is 10.0 Å². The molecule has 33 heavy (non-hydrogen) atoms. The van der Waals surface area contributed by atoms with Crippen molar-refractivity contribution in [1.29, 1.82) is 0 Å². The van der Waals surface area contributed by atoms with E-state index in [2.05, 4.69) is 9.71 Å². The Kier molecular flexibility index (Phi) is 8.02. The van der Waals surface area contributed by atoms with Crippen molar-refractivity contribution in [3.63, 3.8) is 0 Å². The molecule has 0 saturated carbocycles. The van der Waals surface area contributed by atoms with E-state index in [1.807, 2.05) is 44.0 Å². The monoisotopic (exact) mass is 469 g/mol. The highest BCUT2D eigenvalue weighted by Gasteiger charge is 2.19. The van der Waals surface area contributed by atoms with Crippen molar-refractivity contribution < 1.29 is 18.0 Å². The average Bonchev–Trinajstić information content (AvgIpc) is 2.97. The van der Waals surface area contributed by atoms with Gasteiger partial charge in [-0.1, -0.05) is 30.2 Å². The molecular formula is C25H31N3O4S. The fourth-order valence-corrected chi connectivity index (χ4v) is 4.93. The Balaban J connectivity index is 1.66. The summed E-state index contributed by atoms with van der Waals surface area (Å²) in [4.78, 5) is 26.9. The number of anilines is 1. The molecule has 3 rings (SSSR count). The van der Waals surface area contributed by atoms with Crippen LogP contribution in [-0.4, -0.2) is 44.4 Å². The van der Waals surface area contributed by atoms with Gasteiger partial charge in [-0.05, 0) is 56.5 Å². The van der Waals surface area contributed by atoms with E-state index in [9.17, 15) is 18.0 Å². The van der Waals surface area contributed by atoms with Crippen LogP contribution >= 0.6 is 0 Å². The van der Waals surface area contributed by atoms with Gasteiger partial charge < -0.3 is 10.2 Å². The second-order valence-corrected chi connectivity index (χ2v) is 10.1. The molecule has 1 amide bonds. The third-order valence-corrected chi connectivity index (χ3v) is 7.05. The first kappa shape index (κ1) is 24.6. The molecule has 1 aliphatic rings. The Hall–Kier alpha value is -3.00. The largest absolute Gasteiger partial charge is 0.362 e. The van der Waals surface area contributed by atoms with E-state index in [4.69, 9.17) is 0 Å². The number of Topliss-reactive ketones (excluding diaryl/α,β-unsaturated/α-hetero) is 1. The molecule has 0 radical (unpaired) electrons. The minimum Gasteiger partial charge on any atom is -0.362 e. The summed E-state index contributed by atoms with van der Waals surface area (Å²) in [6, 6.07) is 11.7. The van der Waals surface area contributed by atoms with E-state index in [0.29, 0.717) is 23.5 Å². The van der Waals surface area contributed by atoms with Gasteiger partial charge in [0.15, 0.2) is 5.78 Å². The van der Waals surface area contributed by atoms with Crippen LogP contribution in [0.4, 0.5) is 5.69 Å². The topological polar surface area (TPSA) is 95.9 Å². The molecule has 1 fully saturated rings. The van der Waals surface area contributed by atoms with Crippen LogP contribution in [-0.2, 0) is 14.8 Å². The number of amidine groups is 1. The summed E-state index contributed by atoms with van der Waals surface area (Å²) in [6.45, 7) is 4.57. The van der Waals surface area contributed by atoms with E-state index in [1.165, 1.54) is 12.1 Å². The number of nitrogens with one attached hydrogen (secondary N) is 1. The van der Waals surface area contributed by atoms with Crippen molar-refractivity contribution in [2.75, 3.05) is 18.9 Å². The summed E-state index contributed by atoms with van der Waals surface area (Å²) < 4.78 is 29.8. The molecule has 7 nitrogen and oxygen atoms in total. The number of nitrogens with zero attached hydrogens (tertiary/aromatic N) is 2. The first-order valence-corrected chi connectivity index (χ1v) is 12.6. The normalized spacial score (nSPS) is 15.8. The molecule has 0 spiro atoms. The summed E-state index contributed by atoms with van der Waals surface area (Å²) in [6.07, 6.45) is 3.69. The van der Waals surface area contributed by atoms with Gasteiger partial charge in [0.25, 0.3) is 10.0 Å². The van der Waals surface area contributed by atoms with Gasteiger partial charge in [-0.2, -0.15) is 8.42 Å². The smallest absolute Gasteiger partial charge is 0.284 e. The number of hydrogen-bond acceptors (Lipinski definition) is 4. The number of amides is 1. The number of benzene rings is 2. The van der Waals surface area contributed by atoms with Crippen LogP contribution in [0, 0.1) is 13.8 Å². The van der Waals surface area contributed by atoms with Crippen molar-refractivity contribution in [2.24, 2.45) is 4.40 Å². The maximum Gasteiger partial charge on any atom is 0.284 e. The Bertz CT molecular complexity index is 1170. The number of hydrogen-bond donors (Lipinski definition) is 1. The van der Waals surface area contributed by atoms with Crippen LogP contribution < -0.4 is 5.32 Å². The van der Waals surface area contributed by atoms with Gasteiger partial charge >= 0.3 is 0 Å². The first-order chi connectivity index (χ1) is 15.7. The van der Waals surface area contributed by atoms with Crippen molar-refractivity contribution >= 4 is 33.2 Å². The van der Waals surface area contributed by atoms with Crippen LogP contribution in [0.25, 0.3) is 0 Å². The molecule has 176 valence electrons. The number of ketones is 1. The molecule has 0 aromatic heterocycles. The van der Waals surface area contributed by atoms with Gasteiger partial charge in [-0.25, -0.2) is 0 Å². The lowest BCUT2D eigenvalue weighted by atomic mass is 9.99. The molecule has 2 aromatic rings. The third kappa shape index (κ3) is 6.74. The van der Waals surface area contributed by atoms with E-state index >= 15 is 0 Å². The summed E-state index contributed by atoms with van der Waals surface area (Å²) >= 11 is 0. The number of likely N-dealkylation sites (tertiary alicyclic amines) is 1. The molecule has 2 aromatic carbocycles. The molecule has 1 N–H and O–H groups in total. The lowest BCUT2D eigenvalue weighted by Gasteiger charge is -2.17. The van der Waals surface area contributed by atoms with Gasteiger partial charge in [-0.15, -0.1) is 4.40 Å². The van der Waals surface area contributed by atoms with Crippen molar-refractivity contribution in [3.05, 3.63) is 59.2 Å². The molecule has 1 saturated heterocycles. The molecule has 8 heteroatoms. The Morgan fingerprint density at radius 3 is 2.61 bits per heavy atom. The maximum atomic E-state index is 12.9. The zero-order valence-electron chi connectivity index (χ0n) is 19.4. The number of rotatable bonds is 7. The number of carbonyl (C=O) groups is 2.